The zero-order chi connectivity index (χ0) is 8.72. The Morgan fingerprint density at radius 2 is 2.08 bits per heavy atom. The van der Waals surface area contributed by atoms with Gasteiger partial charge in [0.25, 0.3) is 0 Å². The van der Waals surface area contributed by atoms with Crippen LogP contribution in [0.1, 0.15) is 23.1 Å². The molecule has 1 aromatic carbocycles. The zero-order valence-electron chi connectivity index (χ0n) is 7.35. The molecule has 1 nitrogen and oxygen atoms in total. The maximum Gasteiger partial charge on any atom is 0.0346 e. The van der Waals surface area contributed by atoms with Crippen LogP contribution in [-0.4, -0.2) is 0 Å². The number of allylic oxidation sites excluding steroid dienone is 1. The third-order valence-electron chi connectivity index (χ3n) is 2.57. The van der Waals surface area contributed by atoms with Crippen molar-refractivity contribution in [3.05, 3.63) is 35.4 Å². The largest absolute Gasteiger partial charge is 0.399 e. The summed E-state index contributed by atoms with van der Waals surface area (Å²) in [6.07, 6.45) is 2.21. The highest BCUT2D eigenvalue weighted by Crippen LogP contribution is 2.33. The van der Waals surface area contributed by atoms with Gasteiger partial charge < -0.3 is 5.73 Å². The molecule has 0 saturated carbocycles. The lowest BCUT2D eigenvalue weighted by molar-refractivity contribution is 1.08. The van der Waals surface area contributed by atoms with E-state index in [4.69, 9.17) is 5.73 Å². The van der Waals surface area contributed by atoms with Crippen LogP contribution in [0.15, 0.2) is 18.7 Å². The predicted molar refractivity (Wildman–Crippen MR) is 52.9 cm³/mol. The van der Waals surface area contributed by atoms with Gasteiger partial charge in [-0.05, 0) is 54.2 Å². The second kappa shape index (κ2) is 2.37. The van der Waals surface area contributed by atoms with E-state index in [1.54, 1.807) is 0 Å². The van der Waals surface area contributed by atoms with E-state index < -0.39 is 0 Å². The van der Waals surface area contributed by atoms with Crippen LogP contribution in [0, 0.1) is 6.92 Å². The van der Waals surface area contributed by atoms with E-state index >= 15 is 0 Å². The van der Waals surface area contributed by atoms with Gasteiger partial charge in [-0.15, -0.1) is 0 Å². The number of fused-ring (bicyclic) bond motifs is 1. The fourth-order valence-corrected chi connectivity index (χ4v) is 1.73. The van der Waals surface area contributed by atoms with Gasteiger partial charge in [0.2, 0.25) is 0 Å². The maximum absolute atomic E-state index is 5.81. The minimum atomic E-state index is 0.906. The molecule has 1 aliphatic carbocycles. The van der Waals surface area contributed by atoms with Crippen LogP contribution in [0.2, 0.25) is 0 Å². The standard InChI is InChI=1S/C11H13N/c1-7-3-4-9-6-11(12)8(2)5-10(7)9/h5-6H,1,3-4,12H2,2H3. The van der Waals surface area contributed by atoms with Gasteiger partial charge in [0.15, 0.2) is 0 Å². The van der Waals surface area contributed by atoms with Gasteiger partial charge in [-0.25, -0.2) is 0 Å². The number of hydrogen-bond donors (Lipinski definition) is 1. The van der Waals surface area contributed by atoms with E-state index in [-0.39, 0.29) is 0 Å². The molecule has 2 N–H and O–H groups in total. The normalized spacial score (nSPS) is 14.9. The van der Waals surface area contributed by atoms with Crippen LogP contribution in [0.25, 0.3) is 5.57 Å². The Balaban J connectivity index is 2.63. The molecule has 0 heterocycles. The van der Waals surface area contributed by atoms with Crippen molar-refractivity contribution in [2.75, 3.05) is 5.73 Å². The van der Waals surface area contributed by atoms with Crippen LogP contribution in [0.4, 0.5) is 5.69 Å². The highest BCUT2D eigenvalue weighted by molar-refractivity contribution is 5.73. The first-order valence-electron chi connectivity index (χ1n) is 4.25. The number of hydrogen-bond acceptors (Lipinski definition) is 1. The minimum absolute atomic E-state index is 0.906. The first-order valence-corrected chi connectivity index (χ1v) is 4.25. The lowest BCUT2D eigenvalue weighted by Gasteiger charge is -2.04. The molecule has 1 aromatic rings. The van der Waals surface area contributed by atoms with Gasteiger partial charge in [-0.2, -0.15) is 0 Å². The zero-order valence-corrected chi connectivity index (χ0v) is 7.35. The minimum Gasteiger partial charge on any atom is -0.399 e. The lowest BCUT2D eigenvalue weighted by atomic mass is 10.0. The highest BCUT2D eigenvalue weighted by Gasteiger charge is 2.14. The molecule has 0 amide bonds. The van der Waals surface area contributed by atoms with Crippen molar-refractivity contribution in [2.45, 2.75) is 19.8 Å². The second-order valence-corrected chi connectivity index (χ2v) is 3.47. The molecular weight excluding hydrogens is 146 g/mol. The van der Waals surface area contributed by atoms with Crippen LogP contribution in [0.5, 0.6) is 0 Å². The second-order valence-electron chi connectivity index (χ2n) is 3.47. The van der Waals surface area contributed by atoms with Crippen LogP contribution < -0.4 is 5.73 Å². The monoisotopic (exact) mass is 159 g/mol. The fraction of sp³-hybridized carbons (Fsp3) is 0.273. The summed E-state index contributed by atoms with van der Waals surface area (Å²) in [7, 11) is 0. The highest BCUT2D eigenvalue weighted by atomic mass is 14.6. The number of nitrogens with two attached hydrogens (primary N) is 1. The summed E-state index contributed by atoms with van der Waals surface area (Å²) < 4.78 is 0. The molecule has 62 valence electrons. The average Bonchev–Trinajstić information content (AvgIpc) is 2.35. The summed E-state index contributed by atoms with van der Waals surface area (Å²) in [6, 6.07) is 4.24. The number of rotatable bonds is 0. The molecule has 0 spiro atoms. The molecule has 0 aromatic heterocycles. The molecule has 0 unspecified atom stereocenters. The van der Waals surface area contributed by atoms with Crippen LogP contribution in [0.3, 0.4) is 0 Å². The third-order valence-corrected chi connectivity index (χ3v) is 2.57. The van der Waals surface area contributed by atoms with Crippen molar-refractivity contribution in [1.82, 2.24) is 0 Å². The topological polar surface area (TPSA) is 26.0 Å². The smallest absolute Gasteiger partial charge is 0.0346 e. The van der Waals surface area contributed by atoms with E-state index in [1.165, 1.54) is 16.7 Å². The molecule has 0 saturated heterocycles. The van der Waals surface area contributed by atoms with Crippen molar-refractivity contribution in [2.24, 2.45) is 0 Å². The third kappa shape index (κ3) is 0.934. The van der Waals surface area contributed by atoms with Gasteiger partial charge >= 0.3 is 0 Å². The van der Waals surface area contributed by atoms with E-state index in [1.807, 2.05) is 6.92 Å². The number of nitrogen functional groups attached to an aromatic ring is 1. The molecule has 0 bridgehead atoms. The molecule has 1 heteroatoms. The lowest BCUT2D eigenvalue weighted by Crippen LogP contribution is -1.92. The Bertz CT molecular complexity index is 350. The number of anilines is 1. The summed E-state index contributed by atoms with van der Waals surface area (Å²) in [6.45, 7) is 6.07. The first-order chi connectivity index (χ1) is 5.68. The Morgan fingerprint density at radius 3 is 2.83 bits per heavy atom. The van der Waals surface area contributed by atoms with E-state index in [2.05, 4.69) is 18.7 Å². The predicted octanol–water partition coefficient (Wildman–Crippen LogP) is 2.54. The molecule has 1 aliphatic rings. The van der Waals surface area contributed by atoms with E-state index in [0.29, 0.717) is 0 Å². The SMILES string of the molecule is C=C1CCc2cc(N)c(C)cc21. The Hall–Kier alpha value is -1.24. The summed E-state index contributed by atoms with van der Waals surface area (Å²) in [5.74, 6) is 0. The van der Waals surface area contributed by atoms with Gasteiger partial charge in [0.05, 0.1) is 0 Å². The van der Waals surface area contributed by atoms with Crippen LogP contribution >= 0.6 is 0 Å². The Labute approximate surface area is 72.9 Å². The van der Waals surface area contributed by atoms with E-state index in [9.17, 15) is 0 Å². The molecule has 12 heavy (non-hydrogen) atoms. The van der Waals surface area contributed by atoms with Gasteiger partial charge in [-0.3, -0.25) is 0 Å². The van der Waals surface area contributed by atoms with Gasteiger partial charge in [-0.1, -0.05) is 6.58 Å². The molecule has 0 radical (unpaired) electrons. The summed E-state index contributed by atoms with van der Waals surface area (Å²) >= 11 is 0. The Morgan fingerprint density at radius 1 is 1.33 bits per heavy atom. The summed E-state index contributed by atoms with van der Waals surface area (Å²) in [5, 5.41) is 0. The van der Waals surface area contributed by atoms with Crippen molar-refractivity contribution < 1.29 is 0 Å². The van der Waals surface area contributed by atoms with Gasteiger partial charge in [0, 0.05) is 5.69 Å². The fourth-order valence-electron chi connectivity index (χ4n) is 1.73. The molecular formula is C11H13N. The quantitative estimate of drug-likeness (QED) is 0.578. The summed E-state index contributed by atoms with van der Waals surface area (Å²) in [5.41, 5.74) is 11.8. The van der Waals surface area contributed by atoms with Gasteiger partial charge in [0.1, 0.15) is 0 Å². The number of benzene rings is 1. The van der Waals surface area contributed by atoms with Crippen molar-refractivity contribution in [1.29, 1.82) is 0 Å². The molecule has 0 fully saturated rings. The Kier molecular flexibility index (Phi) is 1.47. The van der Waals surface area contributed by atoms with Crippen molar-refractivity contribution in [3.8, 4) is 0 Å². The van der Waals surface area contributed by atoms with Crippen LogP contribution in [-0.2, 0) is 6.42 Å². The first kappa shape index (κ1) is 7.41. The molecule has 2 rings (SSSR count). The molecule has 0 atom stereocenters. The van der Waals surface area contributed by atoms with Crippen molar-refractivity contribution in [3.63, 3.8) is 0 Å². The summed E-state index contributed by atoms with van der Waals surface area (Å²) in [4.78, 5) is 0. The van der Waals surface area contributed by atoms with E-state index in [0.717, 1.165) is 24.1 Å². The average molecular weight is 159 g/mol. The molecule has 0 aliphatic heterocycles. The van der Waals surface area contributed by atoms with Crippen molar-refractivity contribution >= 4 is 11.3 Å². The number of aryl methyl sites for hydroxylation is 2. The maximum atomic E-state index is 5.81.